The van der Waals surface area contributed by atoms with E-state index in [2.05, 4.69) is 183 Å². The highest BCUT2D eigenvalue weighted by atomic mass is 30.8. The molecule has 0 amide bonds. The fraction of sp³-hybridized carbons (Fsp3) is 1.00. The summed E-state index contributed by atoms with van der Waals surface area (Å²) in [6.45, 7) is 86.8. The molecule has 2 aliphatic heterocycles. The first-order chi connectivity index (χ1) is 18.5. The monoisotopic (exact) mass is 868 g/mol. The van der Waals surface area contributed by atoms with Crippen molar-refractivity contribution in [1.29, 1.82) is 0 Å². The molecule has 2 rings (SSSR count). The summed E-state index contributed by atoms with van der Waals surface area (Å²) in [7, 11) is -13.8. The highest BCUT2D eigenvalue weighted by Gasteiger charge is 2.98. The molecule has 0 unspecified atom stereocenters. The largest absolute Gasteiger partial charge is 0.0743 e. The SMILES string of the molecule is C[Si](C)(C)[Si]1([Si](C)(C)C)[Si]([Si]2[Si]([Si](C)(C)C)([Si](C)(C)C)[Si](C)(C)[Si]2([Si](C)(C)C)[Si](C)(C)C)[Si]([Si](C)(C)C)([Si](C)(C)C)[Si]1(C)C. The zero-order valence-electron chi connectivity index (χ0n) is 36.0. The van der Waals surface area contributed by atoms with Gasteiger partial charge in [-0.1, -0.05) is 183 Å². The Hall–Kier alpha value is 3.47. The van der Waals surface area contributed by atoms with Crippen LogP contribution in [0.3, 0.4) is 0 Å². The summed E-state index contributed by atoms with van der Waals surface area (Å²) in [5, 5.41) is 0. The van der Waals surface area contributed by atoms with Crippen LogP contribution in [0.25, 0.3) is 0 Å². The molecule has 0 aromatic carbocycles. The molecular weight excluding hydrogens is 786 g/mol. The van der Waals surface area contributed by atoms with Crippen molar-refractivity contribution in [3.05, 3.63) is 0 Å². The maximum atomic E-state index is 3.26. The van der Waals surface area contributed by atoms with Crippen molar-refractivity contribution in [2.75, 3.05) is 0 Å². The summed E-state index contributed by atoms with van der Waals surface area (Å²) in [5.41, 5.74) is 0. The van der Waals surface area contributed by atoms with Crippen LogP contribution in [-0.4, -0.2) is 114 Å². The van der Waals surface area contributed by atoms with E-state index >= 15 is 0 Å². The first-order valence-corrected chi connectivity index (χ1v) is 80.2. The maximum Gasteiger partial charge on any atom is 0.0302 e. The molecule has 0 spiro atoms. The summed E-state index contributed by atoms with van der Waals surface area (Å²) in [6.07, 6.45) is -5.48. The molecule has 16 heteroatoms. The molecule has 0 aliphatic carbocycles. The van der Waals surface area contributed by atoms with Gasteiger partial charge in [-0.2, -0.15) is 0 Å². The van der Waals surface area contributed by atoms with Crippen molar-refractivity contribution in [2.24, 2.45) is 0 Å². The lowest BCUT2D eigenvalue weighted by molar-refractivity contribution is 1.74. The average Bonchev–Trinajstić information content (AvgIpc) is 2.54. The minimum atomic E-state index is -1.37. The van der Waals surface area contributed by atoms with Crippen LogP contribution in [-0.2, 0) is 0 Å². The second-order valence-electron chi connectivity index (χ2n) is 25.0. The lowest BCUT2D eigenvalue weighted by atomic mass is 11.8. The van der Waals surface area contributed by atoms with Gasteiger partial charge >= 0.3 is 0 Å². The molecule has 2 aliphatic rings. The van der Waals surface area contributed by atoms with Gasteiger partial charge in [-0.05, 0) is 0 Å². The predicted octanol–water partition coefficient (Wildman–Crippen LogP) is 10.3. The third-order valence-corrected chi connectivity index (χ3v) is 526. The van der Waals surface area contributed by atoms with Crippen LogP contribution in [0.1, 0.15) is 0 Å². The summed E-state index contributed by atoms with van der Waals surface area (Å²) in [6, 6.07) is 0. The Morgan fingerprint density at radius 1 is 0.227 bits per heavy atom. The molecule has 0 N–H and O–H groups in total. The quantitative estimate of drug-likeness (QED) is 0.203. The van der Waals surface area contributed by atoms with E-state index in [9.17, 15) is 0 Å². The first kappa shape index (κ1) is 43.6. The maximum absolute atomic E-state index is 3.26. The van der Waals surface area contributed by atoms with Crippen molar-refractivity contribution in [2.45, 2.75) is 183 Å². The van der Waals surface area contributed by atoms with Gasteiger partial charge in [-0.15, -0.1) is 0 Å². The van der Waals surface area contributed by atoms with Gasteiger partial charge in [0.15, 0.2) is 0 Å². The van der Waals surface area contributed by atoms with Gasteiger partial charge in [0.25, 0.3) is 0 Å². The Kier molecular flexibility index (Phi) is 10.9. The molecule has 2 fully saturated rings. The molecule has 0 atom stereocenters. The molecular formula is C28H84Si16. The summed E-state index contributed by atoms with van der Waals surface area (Å²) < 4.78 is 0. The van der Waals surface area contributed by atoms with Crippen LogP contribution in [0, 0.1) is 0 Å². The van der Waals surface area contributed by atoms with E-state index < -0.39 is 99.5 Å². The minimum Gasteiger partial charge on any atom is -0.0743 e. The van der Waals surface area contributed by atoms with E-state index in [0.717, 1.165) is 0 Å². The normalized spacial score (nSPS) is 26.2. The van der Waals surface area contributed by atoms with Crippen LogP contribution >= 0.6 is 0 Å². The van der Waals surface area contributed by atoms with Crippen molar-refractivity contribution < 1.29 is 0 Å². The van der Waals surface area contributed by atoms with E-state index in [4.69, 9.17) is 0 Å². The summed E-state index contributed by atoms with van der Waals surface area (Å²) in [4.78, 5) is 0. The van der Waals surface area contributed by atoms with Crippen LogP contribution in [0.2, 0.25) is 183 Å². The smallest absolute Gasteiger partial charge is 0.0302 e. The second-order valence-corrected chi connectivity index (χ2v) is 219. The fourth-order valence-corrected chi connectivity index (χ4v) is 1190. The zero-order valence-corrected chi connectivity index (χ0v) is 52.0. The van der Waals surface area contributed by atoms with Gasteiger partial charge in [0, 0.05) is 114 Å². The van der Waals surface area contributed by atoms with Gasteiger partial charge in [-0.3, -0.25) is 0 Å². The summed E-state index contributed by atoms with van der Waals surface area (Å²) in [5.74, 6) is 0. The van der Waals surface area contributed by atoms with Crippen molar-refractivity contribution in [3.8, 4) is 0 Å². The Morgan fingerprint density at radius 2 is 0.318 bits per heavy atom. The Balaban J connectivity index is 3.70. The van der Waals surface area contributed by atoms with Gasteiger partial charge in [0.2, 0.25) is 0 Å². The van der Waals surface area contributed by atoms with E-state index in [-0.39, 0.29) is 14.7 Å². The number of hydrogen-bond acceptors (Lipinski definition) is 0. The third-order valence-electron chi connectivity index (χ3n) is 14.5. The molecule has 2 saturated heterocycles. The summed E-state index contributed by atoms with van der Waals surface area (Å²) >= 11 is 0. The van der Waals surface area contributed by atoms with Crippen LogP contribution in [0.4, 0.5) is 0 Å². The van der Waals surface area contributed by atoms with Crippen molar-refractivity contribution in [3.63, 3.8) is 0 Å². The Bertz CT molecular complexity index is 888. The van der Waals surface area contributed by atoms with Crippen molar-refractivity contribution >= 4 is 114 Å². The van der Waals surface area contributed by atoms with Crippen molar-refractivity contribution in [1.82, 2.24) is 0 Å². The molecule has 0 saturated carbocycles. The van der Waals surface area contributed by atoms with Gasteiger partial charge in [-0.25, -0.2) is 0 Å². The molecule has 0 bridgehead atoms. The Labute approximate surface area is 294 Å². The van der Waals surface area contributed by atoms with E-state index in [1.54, 1.807) is 0 Å². The third kappa shape index (κ3) is 4.62. The molecule has 2 radical (unpaired) electrons. The molecule has 260 valence electrons. The van der Waals surface area contributed by atoms with E-state index in [1.807, 2.05) is 0 Å². The van der Waals surface area contributed by atoms with E-state index in [1.165, 1.54) is 0 Å². The fourth-order valence-electron chi connectivity index (χ4n) is 18.0. The number of hydrogen-bond donors (Lipinski definition) is 0. The molecule has 0 nitrogen and oxygen atoms in total. The molecule has 2 heterocycles. The highest BCUT2D eigenvalue weighted by Crippen LogP contribution is 2.67. The van der Waals surface area contributed by atoms with Gasteiger partial charge < -0.3 is 0 Å². The lowest BCUT2D eigenvalue weighted by Gasteiger charge is -2.93. The minimum absolute atomic E-state index is 0.247. The molecule has 44 heavy (non-hydrogen) atoms. The first-order valence-electron chi connectivity index (χ1n) is 18.2. The highest BCUT2D eigenvalue weighted by molar-refractivity contribution is 8.57. The van der Waals surface area contributed by atoms with Crippen LogP contribution < -0.4 is 0 Å². The second kappa shape index (κ2) is 11.0. The van der Waals surface area contributed by atoms with E-state index in [0.29, 0.717) is 0 Å². The lowest BCUT2D eigenvalue weighted by Crippen LogP contribution is -3.28. The van der Waals surface area contributed by atoms with Gasteiger partial charge in [0.1, 0.15) is 0 Å². The van der Waals surface area contributed by atoms with Gasteiger partial charge in [0.05, 0.1) is 0 Å². The van der Waals surface area contributed by atoms with Crippen LogP contribution in [0.15, 0.2) is 0 Å². The average molecular weight is 870 g/mol. The standard InChI is InChI=1S/C28H84Si16/c1-31(2,3)41(32(4,5)6)29(42(33(7,8)9,34(10,11)12)39(41,25)26)30-43(35(13,14)15,36(16,17)18)40(27,28)44(30,37(19,20)21)38(22,23)24/h1-28H3. The Morgan fingerprint density at radius 3 is 0.386 bits per heavy atom. The predicted molar refractivity (Wildman–Crippen MR) is 256 cm³/mol. The molecule has 0 aromatic rings. The zero-order chi connectivity index (χ0) is 36.2. The number of rotatable bonds is 9. The molecule has 0 aromatic heterocycles. The van der Waals surface area contributed by atoms with Crippen LogP contribution in [0.5, 0.6) is 0 Å². The topological polar surface area (TPSA) is 0 Å².